The average Bonchev–Trinajstić information content (AvgIpc) is 2.60. The molecule has 0 atom stereocenters. The van der Waals surface area contributed by atoms with E-state index in [2.05, 4.69) is 84.7 Å². The smallest absolute Gasteiger partial charge is 0.127 e. The zero-order valence-electron chi connectivity index (χ0n) is 13.6. The van der Waals surface area contributed by atoms with E-state index in [0.717, 1.165) is 31.9 Å². The summed E-state index contributed by atoms with van der Waals surface area (Å²) in [5.74, 6) is 0.980. The van der Waals surface area contributed by atoms with E-state index in [9.17, 15) is 0 Å². The normalized spacial score (nSPS) is 11.0. The molecule has 2 heteroatoms. The molecule has 0 N–H and O–H groups in total. The average molecular weight is 305 g/mol. The lowest BCUT2D eigenvalue weighted by Crippen LogP contribution is -2.20. The van der Waals surface area contributed by atoms with Crippen LogP contribution in [0.4, 0.5) is 0 Å². The van der Waals surface area contributed by atoms with E-state index in [-0.39, 0.29) is 0 Å². The summed E-state index contributed by atoms with van der Waals surface area (Å²) in [6, 6.07) is 25.2. The second-order valence-electron chi connectivity index (χ2n) is 5.90. The lowest BCUT2D eigenvalue weighted by atomic mass is 10.1. The highest BCUT2D eigenvalue weighted by molar-refractivity contribution is 5.88. The molecule has 3 rings (SSSR count). The number of benzene rings is 3. The first-order chi connectivity index (χ1) is 11.3. The Morgan fingerprint density at radius 1 is 0.826 bits per heavy atom. The molecule has 3 aromatic rings. The first-order valence-electron chi connectivity index (χ1n) is 8.16. The molecule has 0 spiro atoms. The maximum Gasteiger partial charge on any atom is 0.127 e. The third-order valence-electron chi connectivity index (χ3n) is 3.99. The van der Waals surface area contributed by atoms with Gasteiger partial charge in [-0.05, 0) is 30.5 Å². The van der Waals surface area contributed by atoms with Gasteiger partial charge in [-0.2, -0.15) is 0 Å². The van der Waals surface area contributed by atoms with Crippen molar-refractivity contribution in [2.75, 3.05) is 20.2 Å². The largest absolute Gasteiger partial charge is 0.493 e. The molecule has 0 saturated heterocycles. The second kappa shape index (κ2) is 7.80. The van der Waals surface area contributed by atoms with E-state index in [1.165, 1.54) is 16.3 Å². The molecule has 0 bridgehead atoms. The molecule has 0 radical (unpaired) electrons. The lowest BCUT2D eigenvalue weighted by Gasteiger charge is -2.17. The van der Waals surface area contributed by atoms with E-state index in [4.69, 9.17) is 4.74 Å². The zero-order chi connectivity index (χ0) is 15.9. The molecule has 0 fully saturated rings. The zero-order valence-corrected chi connectivity index (χ0v) is 13.6. The molecule has 118 valence electrons. The van der Waals surface area contributed by atoms with Gasteiger partial charge in [0.1, 0.15) is 5.75 Å². The van der Waals surface area contributed by atoms with Crippen LogP contribution in [0.1, 0.15) is 12.0 Å². The molecule has 23 heavy (non-hydrogen) atoms. The maximum absolute atomic E-state index is 5.99. The van der Waals surface area contributed by atoms with Gasteiger partial charge in [-0.15, -0.1) is 0 Å². The molecule has 0 aliphatic heterocycles. The summed E-state index contributed by atoms with van der Waals surface area (Å²) in [6.45, 7) is 2.75. The van der Waals surface area contributed by atoms with Crippen LogP contribution in [0.5, 0.6) is 5.75 Å². The van der Waals surface area contributed by atoms with Gasteiger partial charge < -0.3 is 9.64 Å². The summed E-state index contributed by atoms with van der Waals surface area (Å²) in [5.41, 5.74) is 1.35. The Kier molecular flexibility index (Phi) is 5.28. The molecule has 0 aliphatic carbocycles. The molecule has 0 amide bonds. The van der Waals surface area contributed by atoms with Crippen molar-refractivity contribution in [3.63, 3.8) is 0 Å². The van der Waals surface area contributed by atoms with Crippen molar-refractivity contribution < 1.29 is 4.74 Å². The summed E-state index contributed by atoms with van der Waals surface area (Å²) in [6.07, 6.45) is 1.02. The molecule has 0 aliphatic rings. The van der Waals surface area contributed by atoms with Crippen molar-refractivity contribution in [1.29, 1.82) is 0 Å². The van der Waals surface area contributed by atoms with Crippen molar-refractivity contribution in [1.82, 2.24) is 4.90 Å². The Labute approximate surface area is 138 Å². The lowest BCUT2D eigenvalue weighted by molar-refractivity contribution is 0.260. The van der Waals surface area contributed by atoms with Gasteiger partial charge in [0.25, 0.3) is 0 Å². The Hall–Kier alpha value is -2.32. The van der Waals surface area contributed by atoms with Gasteiger partial charge in [-0.1, -0.05) is 66.7 Å². The van der Waals surface area contributed by atoms with Gasteiger partial charge in [-0.25, -0.2) is 0 Å². The SMILES string of the molecule is CN(CCCOc1cccc2ccccc12)Cc1ccccc1. The van der Waals surface area contributed by atoms with Crippen LogP contribution < -0.4 is 4.74 Å². The molecule has 0 saturated carbocycles. The van der Waals surface area contributed by atoms with Gasteiger partial charge >= 0.3 is 0 Å². The monoisotopic (exact) mass is 305 g/mol. The Morgan fingerprint density at radius 3 is 2.43 bits per heavy atom. The van der Waals surface area contributed by atoms with Gasteiger partial charge in [0, 0.05) is 18.5 Å². The van der Waals surface area contributed by atoms with Crippen LogP contribution in [0.3, 0.4) is 0 Å². The van der Waals surface area contributed by atoms with Gasteiger partial charge in [0.05, 0.1) is 6.61 Å². The van der Waals surface area contributed by atoms with Gasteiger partial charge in [0.2, 0.25) is 0 Å². The highest BCUT2D eigenvalue weighted by Gasteiger charge is 2.03. The van der Waals surface area contributed by atoms with Crippen molar-refractivity contribution in [2.45, 2.75) is 13.0 Å². The molecule has 0 heterocycles. The highest BCUT2D eigenvalue weighted by Crippen LogP contribution is 2.25. The van der Waals surface area contributed by atoms with Crippen LogP contribution >= 0.6 is 0 Å². The summed E-state index contributed by atoms with van der Waals surface area (Å²) in [7, 11) is 2.16. The number of hydrogen-bond donors (Lipinski definition) is 0. The first kappa shape index (κ1) is 15.6. The maximum atomic E-state index is 5.99. The highest BCUT2D eigenvalue weighted by atomic mass is 16.5. The number of fused-ring (bicyclic) bond motifs is 1. The van der Waals surface area contributed by atoms with E-state index in [0.29, 0.717) is 0 Å². The predicted octanol–water partition coefficient (Wildman–Crippen LogP) is 4.74. The predicted molar refractivity (Wildman–Crippen MR) is 96.8 cm³/mol. The summed E-state index contributed by atoms with van der Waals surface area (Å²) in [5, 5.41) is 2.42. The fourth-order valence-electron chi connectivity index (χ4n) is 2.81. The molecule has 0 unspecified atom stereocenters. The van der Waals surface area contributed by atoms with Crippen LogP contribution in [-0.2, 0) is 6.54 Å². The summed E-state index contributed by atoms with van der Waals surface area (Å²) < 4.78 is 5.99. The van der Waals surface area contributed by atoms with Crippen LogP contribution in [0, 0.1) is 0 Å². The molecular formula is C21H23NO. The second-order valence-corrected chi connectivity index (χ2v) is 5.90. The molecule has 0 aromatic heterocycles. The van der Waals surface area contributed by atoms with E-state index < -0.39 is 0 Å². The fourth-order valence-corrected chi connectivity index (χ4v) is 2.81. The van der Waals surface area contributed by atoms with Crippen LogP contribution in [-0.4, -0.2) is 25.1 Å². The number of hydrogen-bond acceptors (Lipinski definition) is 2. The minimum atomic E-state index is 0.743. The number of ether oxygens (including phenoxy) is 1. The van der Waals surface area contributed by atoms with E-state index in [1.807, 2.05) is 0 Å². The van der Waals surface area contributed by atoms with Crippen LogP contribution in [0.25, 0.3) is 10.8 Å². The quantitative estimate of drug-likeness (QED) is 0.585. The minimum Gasteiger partial charge on any atom is -0.493 e. The van der Waals surface area contributed by atoms with Crippen LogP contribution in [0.15, 0.2) is 72.8 Å². The van der Waals surface area contributed by atoms with Crippen molar-refractivity contribution >= 4 is 10.8 Å². The van der Waals surface area contributed by atoms with E-state index >= 15 is 0 Å². The standard InChI is InChI=1S/C21H23NO/c1-22(17-18-9-3-2-4-10-18)15-8-16-23-21-14-7-12-19-11-5-6-13-20(19)21/h2-7,9-14H,8,15-17H2,1H3. The Morgan fingerprint density at radius 2 is 1.57 bits per heavy atom. The third kappa shape index (κ3) is 4.33. The minimum absolute atomic E-state index is 0.743. The molecular weight excluding hydrogens is 282 g/mol. The Balaban J connectivity index is 1.48. The summed E-state index contributed by atoms with van der Waals surface area (Å²) in [4.78, 5) is 2.34. The number of rotatable bonds is 7. The van der Waals surface area contributed by atoms with Gasteiger partial charge in [-0.3, -0.25) is 0 Å². The summed E-state index contributed by atoms with van der Waals surface area (Å²) >= 11 is 0. The molecule has 2 nitrogen and oxygen atoms in total. The molecule has 3 aromatic carbocycles. The Bertz CT molecular complexity index is 734. The third-order valence-corrected chi connectivity index (χ3v) is 3.99. The van der Waals surface area contributed by atoms with Crippen LogP contribution in [0.2, 0.25) is 0 Å². The topological polar surface area (TPSA) is 12.5 Å². The van der Waals surface area contributed by atoms with Crippen molar-refractivity contribution in [3.8, 4) is 5.75 Å². The van der Waals surface area contributed by atoms with E-state index in [1.54, 1.807) is 0 Å². The van der Waals surface area contributed by atoms with Gasteiger partial charge in [0.15, 0.2) is 0 Å². The fraction of sp³-hybridized carbons (Fsp3) is 0.238. The first-order valence-corrected chi connectivity index (χ1v) is 8.16. The van der Waals surface area contributed by atoms with Crippen molar-refractivity contribution in [2.24, 2.45) is 0 Å². The van der Waals surface area contributed by atoms with Crippen molar-refractivity contribution in [3.05, 3.63) is 78.4 Å². The number of nitrogens with zero attached hydrogens (tertiary/aromatic N) is 1.